The molecule has 1 saturated carbocycles. The minimum absolute atomic E-state index is 0.112. The first-order chi connectivity index (χ1) is 7.75. The van der Waals surface area contributed by atoms with Gasteiger partial charge in [-0.3, -0.25) is 9.48 Å². The van der Waals surface area contributed by atoms with E-state index in [0.717, 1.165) is 6.54 Å². The second kappa shape index (κ2) is 5.09. The summed E-state index contributed by atoms with van der Waals surface area (Å²) in [4.78, 5) is 11.7. The standard InChI is InChI=1S/C11H18N4O/c1-15-8-10(13-14-15)11(16)12-7-9-5-3-2-4-6-9/h8-9H,2-7H2,1H3,(H,12,16). The Morgan fingerprint density at radius 1 is 1.50 bits per heavy atom. The number of carbonyl (C=O) groups excluding carboxylic acids is 1. The van der Waals surface area contributed by atoms with Crippen LogP contribution >= 0.6 is 0 Å². The summed E-state index contributed by atoms with van der Waals surface area (Å²) in [7, 11) is 1.75. The summed E-state index contributed by atoms with van der Waals surface area (Å²) in [5, 5.41) is 10.4. The van der Waals surface area contributed by atoms with E-state index in [4.69, 9.17) is 0 Å². The molecule has 0 aromatic carbocycles. The second-order valence-electron chi connectivity index (χ2n) is 4.49. The molecule has 16 heavy (non-hydrogen) atoms. The molecule has 5 heteroatoms. The van der Waals surface area contributed by atoms with Crippen LogP contribution in [0, 0.1) is 5.92 Å². The van der Waals surface area contributed by atoms with Crippen molar-refractivity contribution in [1.82, 2.24) is 20.3 Å². The van der Waals surface area contributed by atoms with Gasteiger partial charge in [0.2, 0.25) is 0 Å². The van der Waals surface area contributed by atoms with Crippen LogP contribution in [0.4, 0.5) is 0 Å². The fraction of sp³-hybridized carbons (Fsp3) is 0.727. The van der Waals surface area contributed by atoms with Gasteiger partial charge in [-0.25, -0.2) is 0 Å². The van der Waals surface area contributed by atoms with Crippen molar-refractivity contribution < 1.29 is 4.79 Å². The van der Waals surface area contributed by atoms with Crippen LogP contribution in [-0.4, -0.2) is 27.4 Å². The zero-order valence-corrected chi connectivity index (χ0v) is 9.65. The highest BCUT2D eigenvalue weighted by Gasteiger charge is 2.15. The van der Waals surface area contributed by atoms with Crippen molar-refractivity contribution in [1.29, 1.82) is 0 Å². The molecule has 0 atom stereocenters. The van der Waals surface area contributed by atoms with Crippen LogP contribution in [0.2, 0.25) is 0 Å². The van der Waals surface area contributed by atoms with Gasteiger partial charge >= 0.3 is 0 Å². The van der Waals surface area contributed by atoms with E-state index < -0.39 is 0 Å². The van der Waals surface area contributed by atoms with Crippen LogP contribution in [0.1, 0.15) is 42.6 Å². The predicted molar refractivity (Wildman–Crippen MR) is 59.9 cm³/mol. The lowest BCUT2D eigenvalue weighted by atomic mass is 9.89. The Kier molecular flexibility index (Phi) is 3.54. The third kappa shape index (κ3) is 2.81. The van der Waals surface area contributed by atoms with E-state index in [-0.39, 0.29) is 5.91 Å². The largest absolute Gasteiger partial charge is 0.350 e. The molecular weight excluding hydrogens is 204 g/mol. The fourth-order valence-corrected chi connectivity index (χ4v) is 2.17. The zero-order chi connectivity index (χ0) is 11.4. The van der Waals surface area contributed by atoms with Gasteiger partial charge in [-0.15, -0.1) is 5.10 Å². The number of aryl methyl sites for hydroxylation is 1. The van der Waals surface area contributed by atoms with Crippen LogP contribution in [0.25, 0.3) is 0 Å². The molecule has 1 aromatic rings. The first-order valence-electron chi connectivity index (χ1n) is 5.90. The average molecular weight is 222 g/mol. The number of aromatic nitrogens is 3. The van der Waals surface area contributed by atoms with Crippen molar-refractivity contribution >= 4 is 5.91 Å². The lowest BCUT2D eigenvalue weighted by molar-refractivity contribution is 0.0938. The summed E-state index contributed by atoms with van der Waals surface area (Å²) in [5.41, 5.74) is 0.401. The molecule has 2 rings (SSSR count). The SMILES string of the molecule is Cn1cc(C(=O)NCC2CCCCC2)nn1. The molecule has 1 heterocycles. The molecule has 0 saturated heterocycles. The minimum atomic E-state index is -0.112. The summed E-state index contributed by atoms with van der Waals surface area (Å²) in [6.07, 6.45) is 8.05. The molecule has 1 aliphatic carbocycles. The number of amides is 1. The molecule has 1 N–H and O–H groups in total. The normalized spacial score (nSPS) is 17.3. The Morgan fingerprint density at radius 3 is 2.88 bits per heavy atom. The molecule has 0 aliphatic heterocycles. The van der Waals surface area contributed by atoms with E-state index >= 15 is 0 Å². The first-order valence-corrected chi connectivity index (χ1v) is 5.90. The van der Waals surface area contributed by atoms with Crippen molar-refractivity contribution in [2.75, 3.05) is 6.54 Å². The van der Waals surface area contributed by atoms with Gasteiger partial charge in [0.15, 0.2) is 5.69 Å². The third-order valence-electron chi connectivity index (χ3n) is 3.11. The van der Waals surface area contributed by atoms with Gasteiger partial charge in [0.05, 0.1) is 6.20 Å². The summed E-state index contributed by atoms with van der Waals surface area (Å²) in [6.45, 7) is 0.773. The molecule has 5 nitrogen and oxygen atoms in total. The van der Waals surface area contributed by atoms with Gasteiger partial charge in [-0.05, 0) is 18.8 Å². The van der Waals surface area contributed by atoms with Crippen molar-refractivity contribution in [3.05, 3.63) is 11.9 Å². The van der Waals surface area contributed by atoms with E-state index in [1.165, 1.54) is 36.8 Å². The Hall–Kier alpha value is -1.39. The third-order valence-corrected chi connectivity index (χ3v) is 3.11. The second-order valence-corrected chi connectivity index (χ2v) is 4.49. The maximum Gasteiger partial charge on any atom is 0.273 e. The molecule has 0 bridgehead atoms. The molecule has 1 fully saturated rings. The van der Waals surface area contributed by atoms with Gasteiger partial charge in [0.1, 0.15) is 0 Å². The molecule has 1 amide bonds. The Balaban J connectivity index is 1.79. The van der Waals surface area contributed by atoms with Crippen molar-refractivity contribution in [2.24, 2.45) is 13.0 Å². The van der Waals surface area contributed by atoms with Crippen molar-refractivity contribution in [3.63, 3.8) is 0 Å². The molecule has 88 valence electrons. The van der Waals surface area contributed by atoms with Gasteiger partial charge in [0.25, 0.3) is 5.91 Å². The van der Waals surface area contributed by atoms with Crippen LogP contribution in [-0.2, 0) is 7.05 Å². The monoisotopic (exact) mass is 222 g/mol. The van der Waals surface area contributed by atoms with E-state index in [1.807, 2.05) is 0 Å². The van der Waals surface area contributed by atoms with Gasteiger partial charge in [-0.2, -0.15) is 0 Å². The highest BCUT2D eigenvalue weighted by molar-refractivity contribution is 5.91. The topological polar surface area (TPSA) is 59.8 Å². The highest BCUT2D eigenvalue weighted by Crippen LogP contribution is 2.22. The van der Waals surface area contributed by atoms with E-state index in [0.29, 0.717) is 11.6 Å². The molecule has 1 aromatic heterocycles. The van der Waals surface area contributed by atoms with Gasteiger partial charge in [0, 0.05) is 13.6 Å². The number of hydrogen-bond acceptors (Lipinski definition) is 3. The quantitative estimate of drug-likeness (QED) is 0.833. The highest BCUT2D eigenvalue weighted by atomic mass is 16.2. The van der Waals surface area contributed by atoms with Gasteiger partial charge < -0.3 is 5.32 Å². The van der Waals surface area contributed by atoms with Crippen molar-refractivity contribution in [2.45, 2.75) is 32.1 Å². The van der Waals surface area contributed by atoms with E-state index in [9.17, 15) is 4.79 Å². The number of carbonyl (C=O) groups is 1. The molecule has 1 aliphatic rings. The average Bonchev–Trinajstić information content (AvgIpc) is 2.74. The molecule has 0 radical (unpaired) electrons. The maximum absolute atomic E-state index is 11.7. The summed E-state index contributed by atoms with van der Waals surface area (Å²) in [5.74, 6) is 0.535. The molecular formula is C11H18N4O. The lowest BCUT2D eigenvalue weighted by Crippen LogP contribution is -2.30. The minimum Gasteiger partial charge on any atom is -0.350 e. The lowest BCUT2D eigenvalue weighted by Gasteiger charge is -2.21. The van der Waals surface area contributed by atoms with Crippen molar-refractivity contribution in [3.8, 4) is 0 Å². The summed E-state index contributed by atoms with van der Waals surface area (Å²) in [6, 6.07) is 0. The number of nitrogens with zero attached hydrogens (tertiary/aromatic N) is 3. The fourth-order valence-electron chi connectivity index (χ4n) is 2.17. The number of hydrogen-bond donors (Lipinski definition) is 1. The van der Waals surface area contributed by atoms with Crippen LogP contribution in [0.15, 0.2) is 6.20 Å². The number of rotatable bonds is 3. The first kappa shape index (κ1) is 11.1. The Morgan fingerprint density at radius 2 is 2.25 bits per heavy atom. The zero-order valence-electron chi connectivity index (χ0n) is 9.65. The Bertz CT molecular complexity index is 355. The van der Waals surface area contributed by atoms with Gasteiger partial charge in [-0.1, -0.05) is 24.5 Å². The summed E-state index contributed by atoms with van der Waals surface area (Å²) < 4.78 is 1.54. The van der Waals surface area contributed by atoms with E-state index in [1.54, 1.807) is 13.2 Å². The smallest absolute Gasteiger partial charge is 0.273 e. The van der Waals surface area contributed by atoms with E-state index in [2.05, 4.69) is 15.6 Å². The predicted octanol–water partition coefficient (Wildman–Crippen LogP) is 1.13. The Labute approximate surface area is 95.2 Å². The molecule has 0 spiro atoms. The van der Waals surface area contributed by atoms with Crippen LogP contribution in [0.3, 0.4) is 0 Å². The maximum atomic E-state index is 11.7. The molecule has 0 unspecified atom stereocenters. The van der Waals surface area contributed by atoms with Crippen LogP contribution < -0.4 is 5.32 Å². The summed E-state index contributed by atoms with van der Waals surface area (Å²) >= 11 is 0. The van der Waals surface area contributed by atoms with Crippen LogP contribution in [0.5, 0.6) is 0 Å². The number of nitrogens with one attached hydrogen (secondary N) is 1.